The van der Waals surface area contributed by atoms with Crippen molar-refractivity contribution in [2.24, 2.45) is 0 Å². The second kappa shape index (κ2) is 8.43. The number of Topliss-reactive ketones (excluding diaryl/α,β-unsaturated/α-hetero) is 1. The van der Waals surface area contributed by atoms with Crippen molar-refractivity contribution in [2.45, 2.75) is 13.5 Å². The molecular weight excluding hydrogens is 356 g/mol. The summed E-state index contributed by atoms with van der Waals surface area (Å²) in [7, 11) is 0. The molecule has 0 saturated heterocycles. The summed E-state index contributed by atoms with van der Waals surface area (Å²) in [6, 6.07) is 10.3. The zero-order chi connectivity index (χ0) is 18.4. The Balaban J connectivity index is 1.93. The van der Waals surface area contributed by atoms with Crippen molar-refractivity contribution in [2.75, 3.05) is 11.9 Å². The topological polar surface area (TPSA) is 64.6 Å². The molecule has 0 radical (unpaired) electrons. The first kappa shape index (κ1) is 18.7. The van der Waals surface area contributed by atoms with Gasteiger partial charge in [0.15, 0.2) is 12.4 Å². The second-order valence-corrected chi connectivity index (χ2v) is 5.35. The minimum Gasteiger partial charge on any atom is -0.484 e. The lowest BCUT2D eigenvalue weighted by atomic mass is 10.1. The Labute approximate surface area is 147 Å². The fourth-order valence-corrected chi connectivity index (χ4v) is 2.15. The highest BCUT2D eigenvalue weighted by Crippen LogP contribution is 2.28. The van der Waals surface area contributed by atoms with Gasteiger partial charge < -0.3 is 14.8 Å². The number of hydrogen-bond donors (Lipinski definition) is 1. The number of ketones is 1. The number of hydrogen-bond acceptors (Lipinski definition) is 4. The van der Waals surface area contributed by atoms with Gasteiger partial charge >= 0.3 is 6.61 Å². The molecule has 132 valence electrons. The van der Waals surface area contributed by atoms with Crippen LogP contribution < -0.4 is 14.8 Å². The van der Waals surface area contributed by atoms with Crippen LogP contribution in [0.2, 0.25) is 5.02 Å². The molecule has 0 aliphatic carbocycles. The van der Waals surface area contributed by atoms with E-state index in [0.29, 0.717) is 17.0 Å². The van der Waals surface area contributed by atoms with Gasteiger partial charge in [-0.3, -0.25) is 9.59 Å². The Hall–Kier alpha value is -2.67. The van der Waals surface area contributed by atoms with E-state index >= 15 is 0 Å². The molecule has 0 fully saturated rings. The van der Waals surface area contributed by atoms with Crippen molar-refractivity contribution in [3.63, 3.8) is 0 Å². The van der Waals surface area contributed by atoms with Gasteiger partial charge in [-0.2, -0.15) is 8.78 Å². The molecule has 0 aromatic heterocycles. The Kier molecular flexibility index (Phi) is 6.30. The quantitative estimate of drug-likeness (QED) is 0.744. The summed E-state index contributed by atoms with van der Waals surface area (Å²) in [5.41, 5.74) is 0.775. The lowest BCUT2D eigenvalue weighted by Crippen LogP contribution is -2.20. The van der Waals surface area contributed by atoms with Crippen LogP contribution in [0.15, 0.2) is 42.5 Å². The van der Waals surface area contributed by atoms with Crippen molar-refractivity contribution in [1.29, 1.82) is 0 Å². The standard InChI is InChI=1S/C17H14ClF2NO4/c1-10(22)11-3-2-4-13(7-11)24-9-16(23)21-12-5-6-15(14(18)8-12)25-17(19)20/h2-8,17H,9H2,1H3,(H,21,23). The van der Waals surface area contributed by atoms with Gasteiger partial charge in [0.05, 0.1) is 5.02 Å². The zero-order valence-electron chi connectivity index (χ0n) is 13.1. The Morgan fingerprint density at radius 2 is 1.96 bits per heavy atom. The summed E-state index contributed by atoms with van der Waals surface area (Å²) in [6.07, 6.45) is 0. The first-order chi connectivity index (χ1) is 11.8. The van der Waals surface area contributed by atoms with Gasteiger partial charge in [0.2, 0.25) is 0 Å². The molecule has 0 bridgehead atoms. The largest absolute Gasteiger partial charge is 0.484 e. The minimum atomic E-state index is -2.99. The minimum absolute atomic E-state index is 0.0619. The highest BCUT2D eigenvalue weighted by Gasteiger charge is 2.11. The molecule has 2 aromatic rings. The van der Waals surface area contributed by atoms with Crippen LogP contribution in [0.25, 0.3) is 0 Å². The van der Waals surface area contributed by atoms with Gasteiger partial charge in [0.1, 0.15) is 11.5 Å². The number of alkyl halides is 2. The molecule has 1 N–H and O–H groups in total. The van der Waals surface area contributed by atoms with Gasteiger partial charge in [0.25, 0.3) is 5.91 Å². The predicted molar refractivity (Wildman–Crippen MR) is 88.7 cm³/mol. The number of benzene rings is 2. The molecule has 5 nitrogen and oxygen atoms in total. The SMILES string of the molecule is CC(=O)c1cccc(OCC(=O)Nc2ccc(OC(F)F)c(Cl)c2)c1. The number of halogens is 3. The summed E-state index contributed by atoms with van der Waals surface area (Å²) in [6.45, 7) is -1.86. The summed E-state index contributed by atoms with van der Waals surface area (Å²) in [4.78, 5) is 23.2. The maximum Gasteiger partial charge on any atom is 0.387 e. The van der Waals surface area contributed by atoms with E-state index < -0.39 is 12.5 Å². The fraction of sp³-hybridized carbons (Fsp3) is 0.176. The first-order valence-corrected chi connectivity index (χ1v) is 7.51. The molecule has 0 saturated carbocycles. The van der Waals surface area contributed by atoms with Crippen LogP contribution in [0.4, 0.5) is 14.5 Å². The molecule has 1 amide bonds. The van der Waals surface area contributed by atoms with E-state index in [1.54, 1.807) is 18.2 Å². The van der Waals surface area contributed by atoms with Crippen molar-refractivity contribution in [3.8, 4) is 11.5 Å². The number of carbonyl (C=O) groups is 2. The number of rotatable bonds is 7. The van der Waals surface area contributed by atoms with Crippen LogP contribution in [0, 0.1) is 0 Å². The van der Waals surface area contributed by atoms with Gasteiger partial charge in [-0.15, -0.1) is 0 Å². The van der Waals surface area contributed by atoms with Crippen LogP contribution in [0.5, 0.6) is 11.5 Å². The average molecular weight is 370 g/mol. The number of amides is 1. The van der Waals surface area contributed by atoms with E-state index in [4.69, 9.17) is 16.3 Å². The third-order valence-corrected chi connectivity index (χ3v) is 3.34. The Morgan fingerprint density at radius 3 is 2.60 bits per heavy atom. The maximum atomic E-state index is 12.2. The summed E-state index contributed by atoms with van der Waals surface area (Å²) < 4.78 is 33.9. The first-order valence-electron chi connectivity index (χ1n) is 7.13. The molecule has 0 aliphatic rings. The predicted octanol–water partition coefficient (Wildman–Crippen LogP) is 4.16. The van der Waals surface area contributed by atoms with E-state index in [1.807, 2.05) is 0 Å². The van der Waals surface area contributed by atoms with Crippen LogP contribution in [-0.2, 0) is 4.79 Å². The Morgan fingerprint density at radius 1 is 1.20 bits per heavy atom. The number of carbonyl (C=O) groups excluding carboxylic acids is 2. The van der Waals surface area contributed by atoms with Gasteiger partial charge in [0, 0.05) is 11.3 Å². The van der Waals surface area contributed by atoms with Gasteiger partial charge in [-0.1, -0.05) is 23.7 Å². The van der Waals surface area contributed by atoms with Crippen LogP contribution in [-0.4, -0.2) is 24.9 Å². The highest BCUT2D eigenvalue weighted by atomic mass is 35.5. The monoisotopic (exact) mass is 369 g/mol. The second-order valence-electron chi connectivity index (χ2n) is 4.94. The third-order valence-electron chi connectivity index (χ3n) is 3.04. The molecule has 0 aliphatic heterocycles. The molecule has 0 atom stereocenters. The van der Waals surface area contributed by atoms with Crippen molar-refractivity contribution < 1.29 is 27.8 Å². The molecule has 0 heterocycles. The van der Waals surface area contributed by atoms with E-state index in [9.17, 15) is 18.4 Å². The zero-order valence-corrected chi connectivity index (χ0v) is 13.8. The van der Waals surface area contributed by atoms with Crippen LogP contribution in [0.1, 0.15) is 17.3 Å². The molecule has 0 unspecified atom stereocenters. The molecule has 2 rings (SSSR count). The lowest BCUT2D eigenvalue weighted by Gasteiger charge is -2.10. The molecule has 8 heteroatoms. The summed E-state index contributed by atoms with van der Waals surface area (Å²) in [5.74, 6) is -0.406. The normalized spacial score (nSPS) is 10.4. The average Bonchev–Trinajstić information content (AvgIpc) is 2.55. The van der Waals surface area contributed by atoms with Gasteiger partial charge in [-0.05, 0) is 37.3 Å². The molecule has 25 heavy (non-hydrogen) atoms. The molecule has 2 aromatic carbocycles. The maximum absolute atomic E-state index is 12.2. The van der Waals surface area contributed by atoms with Crippen LogP contribution in [0.3, 0.4) is 0 Å². The fourth-order valence-electron chi connectivity index (χ4n) is 1.92. The van der Waals surface area contributed by atoms with E-state index in [2.05, 4.69) is 10.1 Å². The summed E-state index contributed by atoms with van der Waals surface area (Å²) in [5, 5.41) is 2.45. The molecule has 0 spiro atoms. The number of ether oxygens (including phenoxy) is 2. The lowest BCUT2D eigenvalue weighted by molar-refractivity contribution is -0.118. The third kappa shape index (κ3) is 5.72. The Bertz CT molecular complexity index is 783. The van der Waals surface area contributed by atoms with E-state index in [-0.39, 0.29) is 23.2 Å². The summed E-state index contributed by atoms with van der Waals surface area (Å²) >= 11 is 5.80. The van der Waals surface area contributed by atoms with Gasteiger partial charge in [-0.25, -0.2) is 0 Å². The van der Waals surface area contributed by atoms with Crippen molar-refractivity contribution in [3.05, 3.63) is 53.1 Å². The highest BCUT2D eigenvalue weighted by molar-refractivity contribution is 6.32. The van der Waals surface area contributed by atoms with E-state index in [1.165, 1.54) is 31.2 Å². The van der Waals surface area contributed by atoms with Crippen molar-refractivity contribution >= 4 is 29.0 Å². The molecular formula is C17H14ClF2NO4. The van der Waals surface area contributed by atoms with E-state index in [0.717, 1.165) is 0 Å². The smallest absolute Gasteiger partial charge is 0.387 e. The number of anilines is 1. The van der Waals surface area contributed by atoms with Crippen molar-refractivity contribution in [1.82, 2.24) is 0 Å². The van der Waals surface area contributed by atoms with Crippen LogP contribution >= 0.6 is 11.6 Å². The number of nitrogens with one attached hydrogen (secondary N) is 1.